The lowest BCUT2D eigenvalue weighted by molar-refractivity contribution is 0.0699. The van der Waals surface area contributed by atoms with Crippen molar-refractivity contribution >= 4 is 16.9 Å². The number of aliphatic hydroxyl groups excluding tert-OH is 1. The molecule has 7 heteroatoms. The van der Waals surface area contributed by atoms with Crippen LogP contribution in [0.4, 0.5) is 4.39 Å². The third kappa shape index (κ3) is 2.95. The van der Waals surface area contributed by atoms with E-state index in [2.05, 4.69) is 0 Å². The molecule has 1 aromatic heterocycles. The van der Waals surface area contributed by atoms with Gasteiger partial charge in [0, 0.05) is 23.1 Å². The van der Waals surface area contributed by atoms with E-state index in [4.69, 9.17) is 14.9 Å². The molecule has 6 nitrogen and oxygen atoms in total. The van der Waals surface area contributed by atoms with E-state index < -0.39 is 17.9 Å². The van der Waals surface area contributed by atoms with Crippen LogP contribution in [0.5, 0.6) is 5.75 Å². The van der Waals surface area contributed by atoms with Gasteiger partial charge in [0.2, 0.25) is 0 Å². The number of methoxy groups -OCH3 is 1. The average Bonchev–Trinajstić information content (AvgIpc) is 2.98. The Morgan fingerprint density at radius 2 is 2.00 bits per heavy atom. The molecule has 2 aromatic carbocycles. The number of hydrogen-bond acceptors (Lipinski definition) is 5. The van der Waals surface area contributed by atoms with Gasteiger partial charge in [-0.15, -0.1) is 0 Å². The number of fused-ring (bicyclic) bond motifs is 1. The summed E-state index contributed by atoms with van der Waals surface area (Å²) in [5, 5.41) is 20.0. The first-order chi connectivity index (χ1) is 12.0. The summed E-state index contributed by atoms with van der Waals surface area (Å²) < 4.78 is 24.1. The number of benzene rings is 2. The monoisotopic (exact) mass is 345 g/mol. The van der Waals surface area contributed by atoms with E-state index in [1.807, 2.05) is 0 Å². The smallest absolute Gasteiger partial charge is 0.340 e. The number of aromatic carboxylic acids is 1. The summed E-state index contributed by atoms with van der Waals surface area (Å²) >= 11 is 0. The quantitative estimate of drug-likeness (QED) is 0.656. The van der Waals surface area contributed by atoms with E-state index in [1.165, 1.54) is 43.5 Å². The van der Waals surface area contributed by atoms with Gasteiger partial charge in [0.1, 0.15) is 28.5 Å². The molecule has 0 aliphatic rings. The fraction of sp³-hybridized carbons (Fsp3) is 0.167. The Morgan fingerprint density at radius 3 is 2.56 bits per heavy atom. The molecule has 3 aromatic rings. The van der Waals surface area contributed by atoms with E-state index in [-0.39, 0.29) is 23.5 Å². The van der Waals surface area contributed by atoms with E-state index in [1.54, 1.807) is 0 Å². The molecule has 3 rings (SSSR count). The van der Waals surface area contributed by atoms with Gasteiger partial charge in [-0.25, -0.2) is 9.18 Å². The lowest BCUT2D eigenvalue weighted by Crippen LogP contribution is -2.12. The number of ether oxygens (including phenoxy) is 1. The van der Waals surface area contributed by atoms with E-state index in [0.717, 1.165) is 0 Å². The van der Waals surface area contributed by atoms with Crippen molar-refractivity contribution in [3.8, 4) is 17.1 Å². The topological polar surface area (TPSA) is 106 Å². The van der Waals surface area contributed by atoms with Crippen LogP contribution >= 0.6 is 0 Å². The van der Waals surface area contributed by atoms with E-state index in [9.17, 15) is 19.4 Å². The van der Waals surface area contributed by atoms with E-state index in [0.29, 0.717) is 22.3 Å². The summed E-state index contributed by atoms with van der Waals surface area (Å²) in [7, 11) is 1.41. The highest BCUT2D eigenvalue weighted by Gasteiger charge is 2.24. The first-order valence-corrected chi connectivity index (χ1v) is 7.48. The van der Waals surface area contributed by atoms with Gasteiger partial charge in [-0.05, 0) is 36.4 Å². The van der Waals surface area contributed by atoms with Gasteiger partial charge in [0.05, 0.1) is 13.2 Å². The number of nitrogens with two attached hydrogens (primary N) is 1. The standard InChI is InChI=1S/C18H16FNO5/c1-24-14-7-12-15(6-11(14)13(21)8-20)25-17(16(12)18(22)23)9-2-4-10(19)5-3-9/h2-7,13,21H,8,20H2,1H3,(H,22,23). The Morgan fingerprint density at radius 1 is 1.32 bits per heavy atom. The summed E-state index contributed by atoms with van der Waals surface area (Å²) in [4.78, 5) is 11.8. The minimum Gasteiger partial charge on any atom is -0.496 e. The number of furan rings is 1. The molecule has 0 aliphatic carbocycles. The Balaban J connectivity index is 2.30. The second-order valence-corrected chi connectivity index (χ2v) is 5.46. The van der Waals surface area contributed by atoms with Crippen molar-refractivity contribution in [3.05, 3.63) is 53.3 Å². The SMILES string of the molecule is COc1cc2c(C(=O)O)c(-c3ccc(F)cc3)oc2cc1C(O)CN. The van der Waals surface area contributed by atoms with Crippen LogP contribution in [-0.4, -0.2) is 29.8 Å². The van der Waals surface area contributed by atoms with Crippen LogP contribution in [0.2, 0.25) is 0 Å². The zero-order valence-electron chi connectivity index (χ0n) is 13.3. The van der Waals surface area contributed by atoms with Gasteiger partial charge in [-0.3, -0.25) is 0 Å². The predicted molar refractivity (Wildman–Crippen MR) is 89.1 cm³/mol. The van der Waals surface area contributed by atoms with Gasteiger partial charge in [0.15, 0.2) is 0 Å². The van der Waals surface area contributed by atoms with Crippen LogP contribution in [0.25, 0.3) is 22.3 Å². The molecular formula is C18H16FNO5. The fourth-order valence-corrected chi connectivity index (χ4v) is 2.72. The molecule has 0 fully saturated rings. The number of aliphatic hydroxyl groups is 1. The Labute approximate surface area is 142 Å². The molecule has 4 N–H and O–H groups in total. The summed E-state index contributed by atoms with van der Waals surface area (Å²) in [6.45, 7) is -0.0286. The van der Waals surface area contributed by atoms with Gasteiger partial charge in [-0.2, -0.15) is 0 Å². The second kappa shape index (κ2) is 6.54. The normalized spacial score (nSPS) is 12.3. The van der Waals surface area contributed by atoms with Crippen LogP contribution in [0.1, 0.15) is 22.0 Å². The van der Waals surface area contributed by atoms with Crippen molar-refractivity contribution in [2.24, 2.45) is 5.73 Å². The van der Waals surface area contributed by atoms with Crippen molar-refractivity contribution in [2.45, 2.75) is 6.10 Å². The Hall–Kier alpha value is -2.90. The minimum atomic E-state index is -1.19. The first-order valence-electron chi connectivity index (χ1n) is 7.48. The molecule has 1 unspecified atom stereocenters. The largest absolute Gasteiger partial charge is 0.496 e. The average molecular weight is 345 g/mol. The van der Waals surface area contributed by atoms with E-state index >= 15 is 0 Å². The van der Waals surface area contributed by atoms with Gasteiger partial charge in [-0.1, -0.05) is 0 Å². The molecule has 0 radical (unpaired) electrons. The molecule has 0 bridgehead atoms. The molecule has 1 heterocycles. The Kier molecular flexibility index (Phi) is 4.43. The maximum Gasteiger partial charge on any atom is 0.340 e. The number of halogens is 1. The molecule has 25 heavy (non-hydrogen) atoms. The third-order valence-corrected chi connectivity index (χ3v) is 3.94. The molecule has 0 saturated carbocycles. The number of carbonyl (C=O) groups is 1. The highest BCUT2D eigenvalue weighted by molar-refractivity contribution is 6.08. The number of hydrogen-bond donors (Lipinski definition) is 3. The number of rotatable bonds is 5. The fourth-order valence-electron chi connectivity index (χ4n) is 2.72. The van der Waals surface area contributed by atoms with Crippen molar-refractivity contribution in [3.63, 3.8) is 0 Å². The van der Waals surface area contributed by atoms with Gasteiger partial charge < -0.3 is 25.1 Å². The van der Waals surface area contributed by atoms with Crippen LogP contribution in [-0.2, 0) is 0 Å². The van der Waals surface area contributed by atoms with Gasteiger partial charge >= 0.3 is 5.97 Å². The van der Waals surface area contributed by atoms with Crippen LogP contribution in [0, 0.1) is 5.82 Å². The Bertz CT molecular complexity index is 933. The molecule has 0 spiro atoms. The first kappa shape index (κ1) is 16.9. The molecule has 1 atom stereocenters. The summed E-state index contributed by atoms with van der Waals surface area (Å²) in [5.41, 5.74) is 6.52. The third-order valence-electron chi connectivity index (χ3n) is 3.94. The molecule has 0 aliphatic heterocycles. The van der Waals surface area contributed by atoms with Crippen molar-refractivity contribution in [1.82, 2.24) is 0 Å². The minimum absolute atomic E-state index is 0.0286. The highest BCUT2D eigenvalue weighted by Crippen LogP contribution is 2.38. The molecule has 0 amide bonds. The number of carboxylic acids is 1. The van der Waals surface area contributed by atoms with Crippen LogP contribution in [0.3, 0.4) is 0 Å². The lowest BCUT2D eigenvalue weighted by atomic mass is 10.0. The predicted octanol–water partition coefficient (Wildman–Crippen LogP) is 2.94. The highest BCUT2D eigenvalue weighted by atomic mass is 19.1. The zero-order valence-corrected chi connectivity index (χ0v) is 13.3. The maximum absolute atomic E-state index is 13.1. The second-order valence-electron chi connectivity index (χ2n) is 5.46. The van der Waals surface area contributed by atoms with Crippen molar-refractivity contribution < 1.29 is 28.6 Å². The summed E-state index contributed by atoms with van der Waals surface area (Å²) in [6, 6.07) is 8.31. The zero-order chi connectivity index (χ0) is 18.1. The molecule has 130 valence electrons. The van der Waals surface area contributed by atoms with Crippen LogP contribution < -0.4 is 10.5 Å². The van der Waals surface area contributed by atoms with Crippen molar-refractivity contribution in [1.29, 1.82) is 0 Å². The lowest BCUT2D eigenvalue weighted by Gasteiger charge is -2.12. The molecule has 0 saturated heterocycles. The molecular weight excluding hydrogens is 329 g/mol. The number of carboxylic acid groups (broad SMARTS) is 1. The summed E-state index contributed by atoms with van der Waals surface area (Å²) in [5.74, 6) is -1.22. The van der Waals surface area contributed by atoms with Crippen molar-refractivity contribution in [2.75, 3.05) is 13.7 Å². The maximum atomic E-state index is 13.1. The van der Waals surface area contributed by atoms with Crippen LogP contribution in [0.15, 0.2) is 40.8 Å². The summed E-state index contributed by atoms with van der Waals surface area (Å²) in [6.07, 6.45) is -0.980. The van der Waals surface area contributed by atoms with Gasteiger partial charge in [0.25, 0.3) is 0 Å².